The molecule has 90 valence electrons. The molecule has 0 spiro atoms. The fourth-order valence-corrected chi connectivity index (χ4v) is 1.55. The minimum absolute atomic E-state index is 0.0143. The van der Waals surface area contributed by atoms with Gasteiger partial charge >= 0.3 is 0 Å². The molecule has 1 aromatic heterocycles. The Labute approximate surface area is 102 Å². The number of pyridine rings is 1. The minimum atomic E-state index is -0.620. The molecular weight excluding hydrogens is 234 g/mol. The van der Waals surface area contributed by atoms with Crippen LogP contribution in [0.4, 0.5) is 11.4 Å². The van der Waals surface area contributed by atoms with Gasteiger partial charge in [0.2, 0.25) is 0 Å². The number of rotatable bonds is 3. The summed E-state index contributed by atoms with van der Waals surface area (Å²) in [5.74, 6) is -0.427. The van der Waals surface area contributed by atoms with Crippen LogP contribution in [0.25, 0.3) is 0 Å². The smallest absolute Gasteiger partial charge is 0.282 e. The number of anilines is 1. The lowest BCUT2D eigenvalue weighted by molar-refractivity contribution is -0.385. The van der Waals surface area contributed by atoms with E-state index in [0.717, 1.165) is 0 Å². The molecule has 2 rings (SSSR count). The third-order valence-electron chi connectivity index (χ3n) is 2.41. The molecular formula is C12H9N3O3. The summed E-state index contributed by atoms with van der Waals surface area (Å²) in [5.41, 5.74) is 5.79. The van der Waals surface area contributed by atoms with Gasteiger partial charge in [0.1, 0.15) is 5.56 Å². The van der Waals surface area contributed by atoms with Crippen molar-refractivity contribution in [2.24, 2.45) is 0 Å². The van der Waals surface area contributed by atoms with E-state index >= 15 is 0 Å². The van der Waals surface area contributed by atoms with Crippen LogP contribution in [0.2, 0.25) is 0 Å². The average molecular weight is 243 g/mol. The molecule has 0 saturated carbocycles. The van der Waals surface area contributed by atoms with E-state index in [1.54, 1.807) is 0 Å². The van der Waals surface area contributed by atoms with Crippen LogP contribution < -0.4 is 5.73 Å². The van der Waals surface area contributed by atoms with Crippen LogP contribution in [-0.4, -0.2) is 15.7 Å². The monoisotopic (exact) mass is 243 g/mol. The largest absolute Gasteiger partial charge is 0.399 e. The molecule has 1 heterocycles. The molecule has 0 saturated heterocycles. The Morgan fingerprint density at radius 1 is 1.22 bits per heavy atom. The fourth-order valence-electron chi connectivity index (χ4n) is 1.55. The summed E-state index contributed by atoms with van der Waals surface area (Å²) in [7, 11) is 0. The summed E-state index contributed by atoms with van der Waals surface area (Å²) >= 11 is 0. The maximum absolute atomic E-state index is 12.1. The molecule has 18 heavy (non-hydrogen) atoms. The van der Waals surface area contributed by atoms with Gasteiger partial charge < -0.3 is 5.73 Å². The van der Waals surface area contributed by atoms with E-state index in [1.807, 2.05) is 0 Å². The molecule has 2 aromatic rings. The van der Waals surface area contributed by atoms with E-state index in [2.05, 4.69) is 4.98 Å². The highest BCUT2D eigenvalue weighted by molar-refractivity contribution is 6.11. The van der Waals surface area contributed by atoms with E-state index in [1.165, 1.54) is 42.7 Å². The van der Waals surface area contributed by atoms with Crippen LogP contribution in [0.15, 0.2) is 42.7 Å². The lowest BCUT2D eigenvalue weighted by atomic mass is 10.0. The van der Waals surface area contributed by atoms with E-state index in [0.29, 0.717) is 5.56 Å². The van der Waals surface area contributed by atoms with Gasteiger partial charge in [0.15, 0.2) is 5.78 Å². The SMILES string of the molecule is Nc1ccc(C(=O)c2ccncc2)c([N+](=O)[O-])c1. The quantitative estimate of drug-likeness (QED) is 0.383. The third kappa shape index (κ3) is 2.17. The first-order chi connectivity index (χ1) is 8.59. The molecule has 1 aromatic carbocycles. The van der Waals surface area contributed by atoms with E-state index in [4.69, 9.17) is 5.73 Å². The average Bonchev–Trinajstić information content (AvgIpc) is 2.39. The molecule has 0 aliphatic carbocycles. The molecule has 0 aliphatic rings. The third-order valence-corrected chi connectivity index (χ3v) is 2.41. The molecule has 0 fully saturated rings. The number of benzene rings is 1. The second kappa shape index (κ2) is 4.62. The zero-order valence-corrected chi connectivity index (χ0v) is 9.24. The van der Waals surface area contributed by atoms with Crippen LogP contribution >= 0.6 is 0 Å². The van der Waals surface area contributed by atoms with E-state index in [9.17, 15) is 14.9 Å². The summed E-state index contributed by atoms with van der Waals surface area (Å²) < 4.78 is 0. The van der Waals surface area contributed by atoms with Gasteiger partial charge in [-0.05, 0) is 24.3 Å². The Balaban J connectivity index is 2.52. The normalized spacial score (nSPS) is 10.0. The molecule has 0 amide bonds. The lowest BCUT2D eigenvalue weighted by Gasteiger charge is -2.03. The highest BCUT2D eigenvalue weighted by Gasteiger charge is 2.21. The predicted octanol–water partition coefficient (Wildman–Crippen LogP) is 1.80. The summed E-state index contributed by atoms with van der Waals surface area (Å²) in [6.07, 6.45) is 2.91. The zero-order chi connectivity index (χ0) is 13.1. The lowest BCUT2D eigenvalue weighted by Crippen LogP contribution is -2.06. The van der Waals surface area contributed by atoms with Crippen molar-refractivity contribution in [3.63, 3.8) is 0 Å². The van der Waals surface area contributed by atoms with Gasteiger partial charge in [-0.2, -0.15) is 0 Å². The van der Waals surface area contributed by atoms with E-state index < -0.39 is 10.7 Å². The van der Waals surface area contributed by atoms with Crippen molar-refractivity contribution < 1.29 is 9.72 Å². The van der Waals surface area contributed by atoms with Gasteiger partial charge in [-0.3, -0.25) is 19.9 Å². The number of ketones is 1. The number of nitrogen functional groups attached to an aromatic ring is 1. The standard InChI is InChI=1S/C12H9N3O3/c13-9-1-2-10(11(7-9)15(17)18)12(16)8-3-5-14-6-4-8/h1-7H,13H2. The van der Waals surface area contributed by atoms with Gasteiger partial charge in [0.25, 0.3) is 5.69 Å². The summed E-state index contributed by atoms with van der Waals surface area (Å²) in [6, 6.07) is 7.00. The Morgan fingerprint density at radius 2 is 1.89 bits per heavy atom. The van der Waals surface area contributed by atoms with Crippen molar-refractivity contribution >= 4 is 17.2 Å². The maximum atomic E-state index is 12.1. The Hall–Kier alpha value is -2.76. The van der Waals surface area contributed by atoms with Crippen molar-refractivity contribution in [3.05, 3.63) is 64.0 Å². The minimum Gasteiger partial charge on any atom is -0.399 e. The molecule has 6 heteroatoms. The molecule has 2 N–H and O–H groups in total. The first kappa shape index (κ1) is 11.7. The zero-order valence-electron chi connectivity index (χ0n) is 9.24. The number of nitro groups is 1. The first-order valence-electron chi connectivity index (χ1n) is 5.08. The van der Waals surface area contributed by atoms with Crippen LogP contribution in [0.1, 0.15) is 15.9 Å². The van der Waals surface area contributed by atoms with E-state index in [-0.39, 0.29) is 16.9 Å². The summed E-state index contributed by atoms with van der Waals surface area (Å²) in [5, 5.41) is 10.9. The van der Waals surface area contributed by atoms with Gasteiger partial charge in [-0.15, -0.1) is 0 Å². The number of aromatic nitrogens is 1. The number of carbonyl (C=O) groups is 1. The Morgan fingerprint density at radius 3 is 2.50 bits per heavy atom. The number of hydrogen-bond acceptors (Lipinski definition) is 5. The Kier molecular flexibility index (Phi) is 3.01. The van der Waals surface area contributed by atoms with Crippen molar-refractivity contribution in [2.75, 3.05) is 5.73 Å². The fraction of sp³-hybridized carbons (Fsp3) is 0. The summed E-state index contributed by atoms with van der Waals surface area (Å²) in [4.78, 5) is 26.2. The maximum Gasteiger partial charge on any atom is 0.282 e. The van der Waals surface area contributed by atoms with Gasteiger partial charge in [-0.1, -0.05) is 0 Å². The highest BCUT2D eigenvalue weighted by atomic mass is 16.6. The second-order valence-corrected chi connectivity index (χ2v) is 3.60. The van der Waals surface area contributed by atoms with Gasteiger partial charge in [-0.25, -0.2) is 0 Å². The molecule has 0 atom stereocenters. The van der Waals surface area contributed by atoms with Crippen molar-refractivity contribution in [1.82, 2.24) is 4.98 Å². The molecule has 0 bridgehead atoms. The predicted molar refractivity (Wildman–Crippen MR) is 65.2 cm³/mol. The molecule has 0 radical (unpaired) electrons. The number of carbonyl (C=O) groups excluding carboxylic acids is 1. The van der Waals surface area contributed by atoms with Crippen molar-refractivity contribution in [2.45, 2.75) is 0 Å². The molecule has 0 unspecified atom stereocenters. The van der Waals surface area contributed by atoms with Crippen molar-refractivity contribution in [3.8, 4) is 0 Å². The summed E-state index contributed by atoms with van der Waals surface area (Å²) in [6.45, 7) is 0. The number of nitrogens with zero attached hydrogens (tertiary/aromatic N) is 2. The van der Waals surface area contributed by atoms with Crippen LogP contribution in [0.3, 0.4) is 0 Å². The highest BCUT2D eigenvalue weighted by Crippen LogP contribution is 2.24. The number of nitro benzene ring substituents is 1. The van der Waals surface area contributed by atoms with Crippen LogP contribution in [0, 0.1) is 10.1 Å². The number of hydrogen-bond donors (Lipinski definition) is 1. The topological polar surface area (TPSA) is 99.1 Å². The molecule has 0 aliphatic heterocycles. The van der Waals surface area contributed by atoms with Crippen LogP contribution in [-0.2, 0) is 0 Å². The van der Waals surface area contributed by atoms with Crippen LogP contribution in [0.5, 0.6) is 0 Å². The van der Waals surface area contributed by atoms with Gasteiger partial charge in [0, 0.05) is 29.7 Å². The second-order valence-electron chi connectivity index (χ2n) is 3.60. The molecule has 6 nitrogen and oxygen atoms in total. The Bertz CT molecular complexity index is 611. The first-order valence-corrected chi connectivity index (χ1v) is 5.08. The number of nitrogens with two attached hydrogens (primary N) is 1. The van der Waals surface area contributed by atoms with Gasteiger partial charge in [0.05, 0.1) is 4.92 Å². The van der Waals surface area contributed by atoms with Crippen molar-refractivity contribution in [1.29, 1.82) is 0 Å².